The third-order valence-corrected chi connectivity index (χ3v) is 8.56. The molecule has 0 spiro atoms. The van der Waals surface area contributed by atoms with Crippen LogP contribution < -0.4 is 14.8 Å². The Labute approximate surface area is 193 Å². The Kier molecular flexibility index (Phi) is 5.51. The van der Waals surface area contributed by atoms with E-state index in [9.17, 15) is 17.6 Å². The van der Waals surface area contributed by atoms with Gasteiger partial charge in [-0.1, -0.05) is 17.4 Å². The first-order valence-corrected chi connectivity index (χ1v) is 12.4. The predicted molar refractivity (Wildman–Crippen MR) is 117 cm³/mol. The Morgan fingerprint density at radius 3 is 2.85 bits per heavy atom. The van der Waals surface area contributed by atoms with Gasteiger partial charge in [0.05, 0.1) is 10.9 Å². The van der Waals surface area contributed by atoms with Crippen LogP contribution in [0.15, 0.2) is 41.3 Å². The summed E-state index contributed by atoms with van der Waals surface area (Å²) in [5.41, 5.74) is 0.968. The summed E-state index contributed by atoms with van der Waals surface area (Å²) in [6.45, 7) is 2.03. The number of aromatic nitrogens is 2. The van der Waals surface area contributed by atoms with E-state index < -0.39 is 27.8 Å². The second-order valence-electron chi connectivity index (χ2n) is 7.65. The zero-order chi connectivity index (χ0) is 23.2. The summed E-state index contributed by atoms with van der Waals surface area (Å²) in [5.74, 6) is 0.0479. The second-order valence-corrected chi connectivity index (χ2v) is 10.5. The molecule has 172 valence electrons. The first-order valence-electron chi connectivity index (χ1n) is 10.2. The normalized spacial score (nSPS) is 17.9. The SMILES string of the molecule is Cc1ccc(F)cc1S(=O)(=O)N1CCC[C@@H]1c1nnc(C(=O)Nc2ccc3c(c2)OCO3)s1. The third-order valence-electron chi connectivity index (χ3n) is 5.49. The fourth-order valence-corrected chi connectivity index (χ4v) is 6.72. The molecule has 1 N–H and O–H groups in total. The number of aryl methyl sites for hydroxylation is 1. The van der Waals surface area contributed by atoms with Gasteiger partial charge in [-0.2, -0.15) is 4.31 Å². The number of amides is 1. The van der Waals surface area contributed by atoms with Crippen molar-refractivity contribution in [2.45, 2.75) is 30.7 Å². The van der Waals surface area contributed by atoms with Crippen molar-refractivity contribution in [3.63, 3.8) is 0 Å². The number of fused-ring (bicyclic) bond motifs is 1. The highest BCUT2D eigenvalue weighted by molar-refractivity contribution is 7.89. The first kappa shape index (κ1) is 21.7. The van der Waals surface area contributed by atoms with E-state index in [0.717, 1.165) is 17.4 Å². The van der Waals surface area contributed by atoms with Gasteiger partial charge >= 0.3 is 0 Å². The number of rotatable bonds is 5. The van der Waals surface area contributed by atoms with Crippen molar-refractivity contribution in [2.24, 2.45) is 0 Å². The minimum absolute atomic E-state index is 0.0697. The van der Waals surface area contributed by atoms with E-state index >= 15 is 0 Å². The molecule has 0 saturated carbocycles. The molecule has 12 heteroatoms. The first-order chi connectivity index (χ1) is 15.8. The van der Waals surface area contributed by atoms with Gasteiger partial charge in [0, 0.05) is 18.3 Å². The van der Waals surface area contributed by atoms with Crippen molar-refractivity contribution in [1.29, 1.82) is 0 Å². The molecule has 1 saturated heterocycles. The summed E-state index contributed by atoms with van der Waals surface area (Å²) in [4.78, 5) is 12.6. The van der Waals surface area contributed by atoms with E-state index in [2.05, 4.69) is 15.5 Å². The Morgan fingerprint density at radius 2 is 2.00 bits per heavy atom. The average molecular weight is 491 g/mol. The molecule has 1 atom stereocenters. The quantitative estimate of drug-likeness (QED) is 0.583. The molecule has 3 aromatic rings. The number of carbonyl (C=O) groups is 1. The maximum atomic E-state index is 13.8. The molecular weight excluding hydrogens is 471 g/mol. The van der Waals surface area contributed by atoms with Crippen LogP contribution in [0.3, 0.4) is 0 Å². The largest absolute Gasteiger partial charge is 0.454 e. The number of sulfonamides is 1. The van der Waals surface area contributed by atoms with Crippen LogP contribution in [0, 0.1) is 12.7 Å². The molecule has 1 aromatic heterocycles. The molecule has 1 amide bonds. The Bertz CT molecular complexity index is 1340. The summed E-state index contributed by atoms with van der Waals surface area (Å²) in [7, 11) is -3.95. The second kappa shape index (κ2) is 8.36. The van der Waals surface area contributed by atoms with Gasteiger partial charge in [-0.3, -0.25) is 4.79 Å². The van der Waals surface area contributed by atoms with Crippen LogP contribution in [0.25, 0.3) is 0 Å². The number of ether oxygens (including phenoxy) is 2. The molecule has 3 heterocycles. The minimum Gasteiger partial charge on any atom is -0.454 e. The number of carbonyl (C=O) groups excluding carboxylic acids is 1. The predicted octanol–water partition coefficient (Wildman–Crippen LogP) is 3.49. The van der Waals surface area contributed by atoms with Crippen LogP contribution in [-0.4, -0.2) is 42.2 Å². The molecular formula is C21H19FN4O5S2. The van der Waals surface area contributed by atoms with E-state index in [-0.39, 0.29) is 23.2 Å². The molecule has 2 aromatic carbocycles. The van der Waals surface area contributed by atoms with Gasteiger partial charge in [-0.15, -0.1) is 10.2 Å². The lowest BCUT2D eigenvalue weighted by molar-refractivity contribution is 0.102. The Balaban J connectivity index is 1.36. The number of nitrogens with zero attached hydrogens (tertiary/aromatic N) is 3. The van der Waals surface area contributed by atoms with E-state index in [4.69, 9.17) is 9.47 Å². The maximum absolute atomic E-state index is 13.8. The molecule has 2 aliphatic rings. The highest BCUT2D eigenvalue weighted by atomic mass is 32.2. The number of nitrogens with one attached hydrogen (secondary N) is 1. The Hall–Kier alpha value is -3.09. The standard InChI is InChI=1S/C21H19FN4O5S2/c1-12-4-5-13(22)9-18(12)33(28,29)26-8-2-3-15(26)20-24-25-21(32-20)19(27)23-14-6-7-16-17(10-14)31-11-30-16/h4-7,9-10,15H,2-3,8,11H2,1H3,(H,23,27)/t15-/m1/s1. The van der Waals surface area contributed by atoms with Crippen LogP contribution in [-0.2, 0) is 10.0 Å². The Morgan fingerprint density at radius 1 is 1.18 bits per heavy atom. The lowest BCUT2D eigenvalue weighted by Gasteiger charge is -2.23. The average Bonchev–Trinajstić information content (AvgIpc) is 3.54. The number of anilines is 1. The highest BCUT2D eigenvalue weighted by Crippen LogP contribution is 2.39. The van der Waals surface area contributed by atoms with Crippen molar-refractivity contribution in [2.75, 3.05) is 18.7 Å². The highest BCUT2D eigenvalue weighted by Gasteiger charge is 2.39. The lowest BCUT2D eigenvalue weighted by atomic mass is 10.2. The summed E-state index contributed by atoms with van der Waals surface area (Å²) in [6, 6.07) is 8.16. The topological polar surface area (TPSA) is 111 Å². The van der Waals surface area contributed by atoms with Gasteiger partial charge in [0.15, 0.2) is 11.5 Å². The van der Waals surface area contributed by atoms with Crippen LogP contribution in [0.2, 0.25) is 0 Å². The van der Waals surface area contributed by atoms with Crippen LogP contribution >= 0.6 is 11.3 Å². The fraction of sp³-hybridized carbons (Fsp3) is 0.286. The van der Waals surface area contributed by atoms with Crippen molar-refractivity contribution in [3.8, 4) is 11.5 Å². The van der Waals surface area contributed by atoms with Crippen molar-refractivity contribution in [1.82, 2.24) is 14.5 Å². The van der Waals surface area contributed by atoms with Gasteiger partial charge in [0.1, 0.15) is 10.8 Å². The van der Waals surface area contributed by atoms with Gasteiger partial charge in [-0.05, 0) is 49.6 Å². The molecule has 5 rings (SSSR count). The van der Waals surface area contributed by atoms with Crippen molar-refractivity contribution < 1.29 is 27.1 Å². The zero-order valence-corrected chi connectivity index (χ0v) is 19.1. The maximum Gasteiger partial charge on any atom is 0.286 e. The summed E-state index contributed by atoms with van der Waals surface area (Å²) in [6.07, 6.45) is 1.16. The summed E-state index contributed by atoms with van der Waals surface area (Å²) >= 11 is 1.03. The number of halogens is 1. The monoisotopic (exact) mass is 490 g/mol. The molecule has 0 aliphatic carbocycles. The number of hydrogen-bond acceptors (Lipinski definition) is 8. The molecule has 0 bridgehead atoms. The third kappa shape index (κ3) is 4.05. The molecule has 1 fully saturated rings. The fourth-order valence-electron chi connectivity index (χ4n) is 3.87. The molecule has 0 unspecified atom stereocenters. The number of benzene rings is 2. The van der Waals surface area contributed by atoms with E-state index in [1.807, 2.05) is 0 Å². The van der Waals surface area contributed by atoms with Crippen molar-refractivity contribution in [3.05, 3.63) is 57.8 Å². The van der Waals surface area contributed by atoms with Crippen molar-refractivity contribution >= 4 is 33.0 Å². The summed E-state index contributed by atoms with van der Waals surface area (Å²) in [5, 5.41) is 11.3. The number of hydrogen-bond donors (Lipinski definition) is 1. The molecule has 33 heavy (non-hydrogen) atoms. The summed E-state index contributed by atoms with van der Waals surface area (Å²) < 4.78 is 52.2. The van der Waals surface area contributed by atoms with E-state index in [1.54, 1.807) is 25.1 Å². The zero-order valence-electron chi connectivity index (χ0n) is 17.4. The van der Waals surface area contributed by atoms with Gasteiger partial charge < -0.3 is 14.8 Å². The van der Waals surface area contributed by atoms with Gasteiger partial charge in [0.25, 0.3) is 5.91 Å². The van der Waals surface area contributed by atoms with Crippen LogP contribution in [0.4, 0.5) is 10.1 Å². The minimum atomic E-state index is -3.95. The molecule has 2 aliphatic heterocycles. The molecule has 0 radical (unpaired) electrons. The smallest absolute Gasteiger partial charge is 0.286 e. The van der Waals surface area contributed by atoms with Crippen LogP contribution in [0.5, 0.6) is 11.5 Å². The van der Waals surface area contributed by atoms with E-state index in [1.165, 1.54) is 16.4 Å². The van der Waals surface area contributed by atoms with Crippen LogP contribution in [0.1, 0.15) is 39.3 Å². The van der Waals surface area contributed by atoms with E-state index in [0.29, 0.717) is 40.6 Å². The lowest BCUT2D eigenvalue weighted by Crippen LogP contribution is -2.31. The molecule has 9 nitrogen and oxygen atoms in total. The van der Waals surface area contributed by atoms with Gasteiger partial charge in [0.2, 0.25) is 21.8 Å². The van der Waals surface area contributed by atoms with Gasteiger partial charge in [-0.25, -0.2) is 12.8 Å².